The maximum absolute atomic E-state index is 6.43. The molecule has 2 saturated heterocycles. The van der Waals surface area contributed by atoms with Gasteiger partial charge >= 0.3 is 0 Å². The monoisotopic (exact) mass is 434 g/mol. The summed E-state index contributed by atoms with van der Waals surface area (Å²) < 4.78 is 23.7. The van der Waals surface area contributed by atoms with Crippen molar-refractivity contribution in [3.05, 3.63) is 59.2 Å². The van der Waals surface area contributed by atoms with Gasteiger partial charge in [-0.25, -0.2) is 0 Å². The quantitative estimate of drug-likeness (QED) is 0.263. The maximum atomic E-state index is 6.43. The first-order chi connectivity index (χ1) is 15.7. The van der Waals surface area contributed by atoms with Gasteiger partial charge in [-0.15, -0.1) is 0 Å². The predicted octanol–water partition coefficient (Wildman–Crippen LogP) is 6.29. The third-order valence-electron chi connectivity index (χ3n) is 6.74. The van der Waals surface area contributed by atoms with E-state index in [0.717, 1.165) is 32.5 Å². The van der Waals surface area contributed by atoms with Gasteiger partial charge in [0.1, 0.15) is 12.2 Å². The van der Waals surface area contributed by atoms with Crippen molar-refractivity contribution >= 4 is 21.5 Å². The fraction of sp³-hybridized carbons (Fsp3) is 0.500. The summed E-state index contributed by atoms with van der Waals surface area (Å²) in [6.07, 6.45) is 3.45. The molecule has 170 valence electrons. The van der Waals surface area contributed by atoms with Gasteiger partial charge in [-0.1, -0.05) is 63.2 Å². The van der Waals surface area contributed by atoms with Gasteiger partial charge in [0.2, 0.25) is 0 Å². The molecule has 0 aromatic heterocycles. The summed E-state index contributed by atoms with van der Waals surface area (Å²) in [6, 6.07) is 15.7. The lowest BCUT2D eigenvalue weighted by molar-refractivity contribution is 0.0399. The van der Waals surface area contributed by atoms with E-state index < -0.39 is 0 Å². The minimum atomic E-state index is 0.0358. The van der Waals surface area contributed by atoms with Crippen molar-refractivity contribution in [2.24, 2.45) is 0 Å². The van der Waals surface area contributed by atoms with Gasteiger partial charge < -0.3 is 18.9 Å². The molecular formula is C28H34O4. The first kappa shape index (κ1) is 21.8. The highest BCUT2D eigenvalue weighted by Crippen LogP contribution is 2.43. The molecule has 4 heteroatoms. The number of rotatable bonds is 11. The van der Waals surface area contributed by atoms with Crippen molar-refractivity contribution < 1.29 is 18.9 Å². The average Bonchev–Trinajstić information content (AvgIpc) is 3.75. The van der Waals surface area contributed by atoms with Crippen LogP contribution < -0.4 is 0 Å². The molecule has 4 unspecified atom stereocenters. The second kappa shape index (κ2) is 9.48. The van der Waals surface area contributed by atoms with Gasteiger partial charge in [-0.05, 0) is 57.5 Å². The molecule has 0 aliphatic carbocycles. The van der Waals surface area contributed by atoms with Crippen molar-refractivity contribution in [1.82, 2.24) is 0 Å². The highest BCUT2D eigenvalue weighted by atomic mass is 16.6. The number of hydrogen-bond donors (Lipinski definition) is 0. The summed E-state index contributed by atoms with van der Waals surface area (Å²) in [4.78, 5) is 0. The zero-order valence-corrected chi connectivity index (χ0v) is 19.4. The minimum Gasteiger partial charge on any atom is -0.371 e. The van der Waals surface area contributed by atoms with E-state index in [0.29, 0.717) is 13.2 Å². The molecule has 0 amide bonds. The van der Waals surface area contributed by atoms with Crippen molar-refractivity contribution in [2.75, 3.05) is 26.4 Å². The first-order valence-corrected chi connectivity index (χ1v) is 12.2. The smallest absolute Gasteiger partial charge is 0.104 e. The molecule has 0 spiro atoms. The average molecular weight is 435 g/mol. The van der Waals surface area contributed by atoms with E-state index in [1.807, 2.05) is 0 Å². The molecule has 0 saturated carbocycles. The zero-order chi connectivity index (χ0) is 22.1. The van der Waals surface area contributed by atoms with E-state index in [9.17, 15) is 0 Å². The summed E-state index contributed by atoms with van der Waals surface area (Å²) >= 11 is 0. The summed E-state index contributed by atoms with van der Waals surface area (Å²) in [7, 11) is 0. The van der Waals surface area contributed by atoms with Crippen LogP contribution in [0.1, 0.15) is 62.5 Å². The van der Waals surface area contributed by atoms with Crippen LogP contribution in [0.3, 0.4) is 0 Å². The molecule has 2 aliphatic rings. The Morgan fingerprint density at radius 1 is 0.750 bits per heavy atom. The Morgan fingerprint density at radius 2 is 1.25 bits per heavy atom. The Morgan fingerprint density at radius 3 is 1.72 bits per heavy atom. The Labute approximate surface area is 190 Å². The van der Waals surface area contributed by atoms with Gasteiger partial charge in [0.25, 0.3) is 0 Å². The molecule has 0 radical (unpaired) electrons. The van der Waals surface area contributed by atoms with E-state index in [4.69, 9.17) is 18.9 Å². The number of aryl methyl sites for hydroxylation is 1. The third-order valence-corrected chi connectivity index (χ3v) is 6.74. The molecule has 3 aromatic rings. The van der Waals surface area contributed by atoms with Crippen molar-refractivity contribution in [3.8, 4) is 0 Å². The molecular weight excluding hydrogens is 400 g/mol. The lowest BCUT2D eigenvalue weighted by atomic mass is 9.85. The summed E-state index contributed by atoms with van der Waals surface area (Å²) in [6.45, 7) is 9.59. The van der Waals surface area contributed by atoms with E-state index in [1.54, 1.807) is 0 Å². The van der Waals surface area contributed by atoms with Crippen LogP contribution in [0.4, 0.5) is 0 Å². The van der Waals surface area contributed by atoms with Crippen molar-refractivity contribution in [3.63, 3.8) is 0 Å². The molecule has 0 N–H and O–H groups in total. The van der Waals surface area contributed by atoms with E-state index in [1.165, 1.54) is 38.2 Å². The van der Waals surface area contributed by atoms with E-state index in [2.05, 4.69) is 63.2 Å². The van der Waals surface area contributed by atoms with E-state index in [-0.39, 0.29) is 24.4 Å². The summed E-state index contributed by atoms with van der Waals surface area (Å²) in [5.74, 6) is 0. The number of epoxide rings is 2. The predicted molar refractivity (Wildman–Crippen MR) is 128 cm³/mol. The van der Waals surface area contributed by atoms with Gasteiger partial charge in [-0.3, -0.25) is 0 Å². The lowest BCUT2D eigenvalue weighted by Crippen LogP contribution is -2.13. The second-order valence-electron chi connectivity index (χ2n) is 8.98. The fourth-order valence-electron chi connectivity index (χ4n) is 4.79. The highest BCUT2D eigenvalue weighted by molar-refractivity contribution is 6.06. The SMILES string of the molecule is CCc1ccc2c(C(CC)OCC3CO3)c3ccccc3c(C(CC)OCC3CO3)c2c1. The van der Waals surface area contributed by atoms with Crippen LogP contribution in [0.2, 0.25) is 0 Å². The minimum absolute atomic E-state index is 0.0358. The standard InChI is InChI=1S/C28H34O4/c1-4-18-11-12-23-24(13-18)28(26(6-3)32-17-20-15-30-20)22-10-8-7-9-21(22)27(23)25(5-2)31-16-19-14-29-19/h7-13,19-20,25-26H,4-6,14-17H2,1-3H3. The number of hydrogen-bond acceptors (Lipinski definition) is 4. The molecule has 32 heavy (non-hydrogen) atoms. The van der Waals surface area contributed by atoms with Crippen LogP contribution in [0.25, 0.3) is 21.5 Å². The van der Waals surface area contributed by atoms with E-state index >= 15 is 0 Å². The second-order valence-corrected chi connectivity index (χ2v) is 8.98. The Bertz CT molecular complexity index is 1080. The lowest BCUT2D eigenvalue weighted by Gasteiger charge is -2.26. The van der Waals surface area contributed by atoms with Gasteiger partial charge in [0, 0.05) is 0 Å². The Kier molecular flexibility index (Phi) is 6.47. The van der Waals surface area contributed by atoms with Crippen molar-refractivity contribution in [1.29, 1.82) is 0 Å². The normalized spacial score (nSPS) is 21.7. The highest BCUT2D eigenvalue weighted by Gasteiger charge is 2.29. The van der Waals surface area contributed by atoms with Crippen LogP contribution in [-0.4, -0.2) is 38.6 Å². The molecule has 4 nitrogen and oxygen atoms in total. The molecule has 2 heterocycles. The fourth-order valence-corrected chi connectivity index (χ4v) is 4.79. The number of fused-ring (bicyclic) bond motifs is 2. The molecule has 3 aromatic carbocycles. The molecule has 2 aliphatic heterocycles. The third kappa shape index (κ3) is 4.42. The van der Waals surface area contributed by atoms with Gasteiger partial charge in [-0.2, -0.15) is 0 Å². The maximum Gasteiger partial charge on any atom is 0.104 e. The van der Waals surface area contributed by atoms with Crippen LogP contribution >= 0.6 is 0 Å². The van der Waals surface area contributed by atoms with Crippen LogP contribution in [-0.2, 0) is 25.4 Å². The van der Waals surface area contributed by atoms with Gasteiger partial charge in [0.05, 0.1) is 38.6 Å². The zero-order valence-electron chi connectivity index (χ0n) is 19.4. The number of ether oxygens (including phenoxy) is 4. The summed E-state index contributed by atoms with van der Waals surface area (Å²) in [5, 5.41) is 5.12. The molecule has 4 atom stereocenters. The van der Waals surface area contributed by atoms with Crippen molar-refractivity contribution in [2.45, 2.75) is 64.4 Å². The van der Waals surface area contributed by atoms with Crippen LogP contribution in [0.15, 0.2) is 42.5 Å². The van der Waals surface area contributed by atoms with Gasteiger partial charge in [0.15, 0.2) is 0 Å². The van der Waals surface area contributed by atoms with Crippen LogP contribution in [0, 0.1) is 0 Å². The Hall–Kier alpha value is -1.98. The Balaban J connectivity index is 1.70. The molecule has 5 rings (SSSR count). The topological polar surface area (TPSA) is 43.5 Å². The largest absolute Gasteiger partial charge is 0.371 e. The van der Waals surface area contributed by atoms with Crippen LogP contribution in [0.5, 0.6) is 0 Å². The molecule has 2 fully saturated rings. The summed E-state index contributed by atoms with van der Waals surface area (Å²) in [5.41, 5.74) is 3.95. The molecule has 0 bridgehead atoms. The first-order valence-electron chi connectivity index (χ1n) is 12.2. The number of benzene rings is 3.